The summed E-state index contributed by atoms with van der Waals surface area (Å²) >= 11 is 0. The Kier molecular flexibility index (Phi) is 5.40. The molecule has 0 heterocycles. The summed E-state index contributed by atoms with van der Waals surface area (Å²) in [6, 6.07) is 0. The zero-order valence-electron chi connectivity index (χ0n) is 8.37. The number of halogens is 7. The minimum atomic E-state index is -6.39. The Morgan fingerprint density at radius 1 is 0.941 bits per heavy atom. The van der Waals surface area contributed by atoms with E-state index < -0.39 is 31.4 Å². The van der Waals surface area contributed by atoms with Gasteiger partial charge in [0.05, 0.1) is 19.8 Å². The molecule has 0 aromatic rings. The Hall–Kier alpha value is -0.830. The van der Waals surface area contributed by atoms with Crippen LogP contribution >= 0.6 is 0 Å². The summed E-state index contributed by atoms with van der Waals surface area (Å²) in [5, 5.41) is 0. The van der Waals surface area contributed by atoms with E-state index in [-0.39, 0.29) is 6.61 Å². The minimum absolute atomic E-state index is 0.0649. The van der Waals surface area contributed by atoms with Crippen molar-refractivity contribution in [2.45, 2.75) is 18.2 Å². The zero-order valence-corrected chi connectivity index (χ0v) is 8.37. The molecule has 0 unspecified atom stereocenters. The fourth-order valence-corrected chi connectivity index (χ4v) is 0.651. The predicted octanol–water partition coefficient (Wildman–Crippen LogP) is 3.00. The minimum Gasteiger partial charge on any atom is -0.375 e. The smallest absolute Gasteiger partial charge is 0.375 e. The van der Waals surface area contributed by atoms with Crippen molar-refractivity contribution in [1.29, 1.82) is 0 Å². The van der Waals surface area contributed by atoms with Crippen molar-refractivity contribution in [1.82, 2.24) is 0 Å². The van der Waals surface area contributed by atoms with Crippen LogP contribution in [0, 0.1) is 0 Å². The Balaban J connectivity index is 4.32. The topological polar surface area (TPSA) is 18.5 Å². The van der Waals surface area contributed by atoms with E-state index in [1.54, 1.807) is 0 Å². The third kappa shape index (κ3) is 4.15. The van der Waals surface area contributed by atoms with Crippen LogP contribution in [0.1, 0.15) is 0 Å². The standard InChI is InChI=1S/C8H9F7O2/c1-2-3-16-4-5-17-8(14,15)6(9,10)7(11,12)13/h2H,1,3-5H2. The Bertz CT molecular complexity index is 249. The Morgan fingerprint density at radius 3 is 1.88 bits per heavy atom. The van der Waals surface area contributed by atoms with Gasteiger partial charge in [-0.2, -0.15) is 30.7 Å². The highest BCUT2D eigenvalue weighted by molar-refractivity contribution is 4.84. The van der Waals surface area contributed by atoms with E-state index in [1.807, 2.05) is 0 Å². The van der Waals surface area contributed by atoms with Crippen molar-refractivity contribution < 1.29 is 40.2 Å². The van der Waals surface area contributed by atoms with Crippen molar-refractivity contribution in [2.24, 2.45) is 0 Å². The largest absolute Gasteiger partial charge is 0.462 e. The second kappa shape index (κ2) is 5.67. The molecule has 0 aliphatic carbocycles. The lowest BCUT2D eigenvalue weighted by Crippen LogP contribution is -2.53. The fourth-order valence-electron chi connectivity index (χ4n) is 0.651. The van der Waals surface area contributed by atoms with Crippen LogP contribution in [-0.4, -0.2) is 38.0 Å². The van der Waals surface area contributed by atoms with Crippen molar-refractivity contribution in [3.05, 3.63) is 12.7 Å². The van der Waals surface area contributed by atoms with E-state index in [0.29, 0.717) is 0 Å². The van der Waals surface area contributed by atoms with Gasteiger partial charge in [0.1, 0.15) is 0 Å². The average molecular weight is 270 g/mol. The summed E-state index contributed by atoms with van der Waals surface area (Å²) in [6.45, 7) is 1.47. The van der Waals surface area contributed by atoms with E-state index in [4.69, 9.17) is 0 Å². The van der Waals surface area contributed by atoms with Crippen LogP contribution in [0.3, 0.4) is 0 Å². The van der Waals surface area contributed by atoms with Gasteiger partial charge in [-0.05, 0) is 0 Å². The first-order valence-corrected chi connectivity index (χ1v) is 4.21. The molecule has 0 aromatic carbocycles. The third-order valence-electron chi connectivity index (χ3n) is 1.47. The molecule has 9 heteroatoms. The van der Waals surface area contributed by atoms with Crippen LogP contribution in [0.15, 0.2) is 12.7 Å². The van der Waals surface area contributed by atoms with Gasteiger partial charge in [0.2, 0.25) is 0 Å². The number of hydrogen-bond donors (Lipinski definition) is 0. The Morgan fingerprint density at radius 2 is 1.47 bits per heavy atom. The van der Waals surface area contributed by atoms with Crippen LogP contribution in [0.5, 0.6) is 0 Å². The quantitative estimate of drug-likeness (QED) is 0.402. The third-order valence-corrected chi connectivity index (χ3v) is 1.47. The fraction of sp³-hybridized carbons (Fsp3) is 0.750. The number of alkyl halides is 7. The molecule has 0 rings (SSSR count). The summed E-state index contributed by atoms with van der Waals surface area (Å²) in [5.41, 5.74) is 0. The van der Waals surface area contributed by atoms with E-state index in [0.717, 1.165) is 0 Å². The first-order chi connectivity index (χ1) is 7.56. The molecule has 0 aromatic heterocycles. The number of rotatable bonds is 7. The lowest BCUT2D eigenvalue weighted by atomic mass is 10.3. The van der Waals surface area contributed by atoms with Gasteiger partial charge in [-0.15, -0.1) is 6.58 Å². The zero-order chi connectivity index (χ0) is 13.7. The number of hydrogen-bond acceptors (Lipinski definition) is 2. The molecule has 0 spiro atoms. The van der Waals surface area contributed by atoms with Crippen molar-refractivity contribution in [3.8, 4) is 0 Å². The van der Waals surface area contributed by atoms with Crippen LogP contribution in [0.25, 0.3) is 0 Å². The molecular weight excluding hydrogens is 261 g/mol. The molecule has 0 atom stereocenters. The summed E-state index contributed by atoms with van der Waals surface area (Å²) in [4.78, 5) is 0. The van der Waals surface area contributed by atoms with Gasteiger partial charge >= 0.3 is 18.2 Å². The molecule has 0 bridgehead atoms. The highest BCUT2D eigenvalue weighted by Crippen LogP contribution is 2.46. The van der Waals surface area contributed by atoms with E-state index >= 15 is 0 Å². The van der Waals surface area contributed by atoms with Gasteiger partial charge in [-0.1, -0.05) is 6.08 Å². The van der Waals surface area contributed by atoms with E-state index in [2.05, 4.69) is 16.1 Å². The van der Waals surface area contributed by atoms with Crippen LogP contribution in [0.2, 0.25) is 0 Å². The molecule has 0 saturated carbocycles. The van der Waals surface area contributed by atoms with Crippen LogP contribution in [-0.2, 0) is 9.47 Å². The van der Waals surface area contributed by atoms with E-state index in [9.17, 15) is 30.7 Å². The molecule has 17 heavy (non-hydrogen) atoms. The second-order valence-electron chi connectivity index (χ2n) is 2.80. The first-order valence-electron chi connectivity index (χ1n) is 4.21. The maximum Gasteiger partial charge on any atom is 0.462 e. The molecule has 0 aliphatic heterocycles. The van der Waals surface area contributed by atoms with Crippen molar-refractivity contribution in [3.63, 3.8) is 0 Å². The summed E-state index contributed by atoms with van der Waals surface area (Å²) in [5.74, 6) is -6.25. The maximum atomic E-state index is 12.4. The summed E-state index contributed by atoms with van der Waals surface area (Å²) in [7, 11) is 0. The number of ether oxygens (including phenoxy) is 2. The van der Waals surface area contributed by atoms with Crippen molar-refractivity contribution in [2.75, 3.05) is 19.8 Å². The summed E-state index contributed by atoms with van der Waals surface area (Å²) < 4.78 is 91.8. The predicted molar refractivity (Wildman–Crippen MR) is 42.9 cm³/mol. The normalized spacial score (nSPS) is 13.8. The molecule has 0 amide bonds. The Labute approximate surface area is 92.0 Å². The van der Waals surface area contributed by atoms with Gasteiger partial charge in [0.25, 0.3) is 0 Å². The lowest BCUT2D eigenvalue weighted by molar-refractivity contribution is -0.424. The molecular formula is C8H9F7O2. The molecule has 0 aliphatic rings. The summed E-state index contributed by atoms with van der Waals surface area (Å²) in [6.07, 6.45) is -10.8. The SMILES string of the molecule is C=CCOCCOC(F)(F)C(F)(F)C(F)(F)F. The molecule has 102 valence electrons. The van der Waals surface area contributed by atoms with Gasteiger partial charge in [-0.3, -0.25) is 0 Å². The van der Waals surface area contributed by atoms with Gasteiger partial charge < -0.3 is 9.47 Å². The highest BCUT2D eigenvalue weighted by atomic mass is 19.4. The van der Waals surface area contributed by atoms with E-state index in [1.165, 1.54) is 6.08 Å². The van der Waals surface area contributed by atoms with Crippen LogP contribution < -0.4 is 0 Å². The average Bonchev–Trinajstić information content (AvgIpc) is 2.15. The maximum absolute atomic E-state index is 12.4. The van der Waals surface area contributed by atoms with Crippen LogP contribution in [0.4, 0.5) is 30.7 Å². The molecule has 0 saturated heterocycles. The van der Waals surface area contributed by atoms with Crippen molar-refractivity contribution >= 4 is 0 Å². The molecule has 0 radical (unpaired) electrons. The van der Waals surface area contributed by atoms with Gasteiger partial charge in [0.15, 0.2) is 0 Å². The van der Waals surface area contributed by atoms with Gasteiger partial charge in [0, 0.05) is 0 Å². The second-order valence-corrected chi connectivity index (χ2v) is 2.80. The first kappa shape index (κ1) is 16.2. The molecule has 2 nitrogen and oxygen atoms in total. The lowest BCUT2D eigenvalue weighted by Gasteiger charge is -2.27. The monoisotopic (exact) mass is 270 g/mol. The molecule has 0 N–H and O–H groups in total. The molecule has 0 fully saturated rings. The highest BCUT2D eigenvalue weighted by Gasteiger charge is 2.74. The van der Waals surface area contributed by atoms with Gasteiger partial charge in [-0.25, -0.2) is 0 Å².